The molecule has 78 valence electrons. The molecule has 0 aliphatic rings. The zero-order valence-corrected chi connectivity index (χ0v) is 10.7. The quantitative estimate of drug-likeness (QED) is 0.850. The molecule has 1 aromatic carbocycles. The largest absolute Gasteiger partial charge is 0.385 e. The minimum absolute atomic E-state index is 0.759. The van der Waals surface area contributed by atoms with E-state index in [1.165, 1.54) is 17.7 Å². The topological polar surface area (TPSA) is 12.0 Å². The molecule has 0 bridgehead atoms. The van der Waals surface area contributed by atoms with Gasteiger partial charge in [-0.1, -0.05) is 35.8 Å². The summed E-state index contributed by atoms with van der Waals surface area (Å²) in [6.45, 7) is 7.67. The van der Waals surface area contributed by atoms with Crippen molar-refractivity contribution in [2.45, 2.75) is 27.2 Å². The third-order valence-electron chi connectivity index (χ3n) is 2.24. The normalized spacial score (nSPS) is 10.6. The Morgan fingerprint density at radius 1 is 1.36 bits per heavy atom. The molecule has 0 aromatic heterocycles. The van der Waals surface area contributed by atoms with E-state index >= 15 is 0 Å². The molecule has 0 radical (unpaired) electrons. The maximum atomic E-state index is 3.48. The van der Waals surface area contributed by atoms with E-state index in [1.807, 2.05) is 0 Å². The van der Waals surface area contributed by atoms with Crippen molar-refractivity contribution in [3.8, 4) is 0 Å². The lowest BCUT2D eigenvalue weighted by molar-refractivity contribution is 0.607. The van der Waals surface area contributed by atoms with Crippen molar-refractivity contribution in [3.63, 3.8) is 0 Å². The molecule has 0 saturated carbocycles. The van der Waals surface area contributed by atoms with E-state index in [0.717, 1.165) is 16.9 Å². The minimum atomic E-state index is 0.759. The van der Waals surface area contributed by atoms with E-state index in [4.69, 9.17) is 0 Å². The molecule has 1 aromatic rings. The molecule has 1 rings (SSSR count). The second-order valence-electron chi connectivity index (χ2n) is 4.07. The molecule has 14 heavy (non-hydrogen) atoms. The average Bonchev–Trinajstić information content (AvgIpc) is 2.10. The van der Waals surface area contributed by atoms with Crippen LogP contribution in [0.5, 0.6) is 0 Å². The molecule has 0 aliphatic carbocycles. The summed E-state index contributed by atoms with van der Waals surface area (Å²) in [6, 6.07) is 6.33. The van der Waals surface area contributed by atoms with Crippen LogP contribution in [-0.2, 0) is 0 Å². The Bertz CT molecular complexity index is 294. The predicted molar refractivity (Wildman–Crippen MR) is 66.8 cm³/mol. The highest BCUT2D eigenvalue weighted by atomic mass is 79.9. The monoisotopic (exact) mass is 255 g/mol. The molecule has 1 nitrogen and oxygen atoms in total. The maximum Gasteiger partial charge on any atom is 0.0381 e. The van der Waals surface area contributed by atoms with Crippen LogP contribution in [0.2, 0.25) is 0 Å². The van der Waals surface area contributed by atoms with Gasteiger partial charge in [0, 0.05) is 16.7 Å². The van der Waals surface area contributed by atoms with E-state index < -0.39 is 0 Å². The molecule has 0 amide bonds. The van der Waals surface area contributed by atoms with Crippen LogP contribution in [-0.4, -0.2) is 6.54 Å². The van der Waals surface area contributed by atoms with Gasteiger partial charge in [-0.25, -0.2) is 0 Å². The lowest BCUT2D eigenvalue weighted by atomic mass is 10.1. The van der Waals surface area contributed by atoms with E-state index in [2.05, 4.69) is 60.2 Å². The zero-order valence-electron chi connectivity index (χ0n) is 9.10. The average molecular weight is 256 g/mol. The number of hydrogen-bond donors (Lipinski definition) is 1. The first kappa shape index (κ1) is 11.6. The summed E-state index contributed by atoms with van der Waals surface area (Å²) in [4.78, 5) is 0. The molecule has 1 N–H and O–H groups in total. The molecule has 0 aliphatic heterocycles. The highest BCUT2D eigenvalue weighted by molar-refractivity contribution is 9.10. The number of aryl methyl sites for hydroxylation is 1. The summed E-state index contributed by atoms with van der Waals surface area (Å²) >= 11 is 3.48. The summed E-state index contributed by atoms with van der Waals surface area (Å²) in [6.07, 6.45) is 1.21. The molecule has 0 atom stereocenters. The molecule has 0 heterocycles. The third-order valence-corrected chi connectivity index (χ3v) is 2.73. The number of nitrogens with one attached hydrogen (secondary N) is 1. The van der Waals surface area contributed by atoms with Crippen LogP contribution in [0.3, 0.4) is 0 Å². The van der Waals surface area contributed by atoms with Crippen LogP contribution in [0, 0.1) is 12.8 Å². The van der Waals surface area contributed by atoms with E-state index in [-0.39, 0.29) is 0 Å². The molecule has 0 spiro atoms. The highest BCUT2D eigenvalue weighted by Crippen LogP contribution is 2.20. The van der Waals surface area contributed by atoms with Gasteiger partial charge in [-0.15, -0.1) is 0 Å². The third kappa shape index (κ3) is 3.70. The van der Waals surface area contributed by atoms with Gasteiger partial charge >= 0.3 is 0 Å². The zero-order chi connectivity index (χ0) is 10.6. The Morgan fingerprint density at radius 3 is 2.71 bits per heavy atom. The summed E-state index contributed by atoms with van der Waals surface area (Å²) in [5.74, 6) is 0.759. The van der Waals surface area contributed by atoms with Crippen LogP contribution in [0.15, 0.2) is 22.7 Å². The van der Waals surface area contributed by atoms with Gasteiger partial charge in [0.15, 0.2) is 0 Å². The lowest BCUT2D eigenvalue weighted by Crippen LogP contribution is -2.05. The fourth-order valence-corrected chi connectivity index (χ4v) is 1.64. The first-order chi connectivity index (χ1) is 6.59. The van der Waals surface area contributed by atoms with Crippen molar-refractivity contribution in [3.05, 3.63) is 28.2 Å². The van der Waals surface area contributed by atoms with Crippen molar-refractivity contribution in [2.24, 2.45) is 5.92 Å². The van der Waals surface area contributed by atoms with Gasteiger partial charge < -0.3 is 5.32 Å². The number of rotatable bonds is 4. The maximum absolute atomic E-state index is 3.48. The van der Waals surface area contributed by atoms with Gasteiger partial charge in [-0.05, 0) is 37.0 Å². The molecule has 0 unspecified atom stereocenters. The van der Waals surface area contributed by atoms with Crippen molar-refractivity contribution in [1.29, 1.82) is 0 Å². The molecule has 2 heteroatoms. The molecule has 0 saturated heterocycles. The Labute approximate surface area is 95.0 Å². The summed E-state index contributed by atoms with van der Waals surface area (Å²) < 4.78 is 1.13. The van der Waals surface area contributed by atoms with Crippen molar-refractivity contribution < 1.29 is 0 Å². The van der Waals surface area contributed by atoms with Crippen LogP contribution in [0.1, 0.15) is 25.8 Å². The smallest absolute Gasteiger partial charge is 0.0381 e. The first-order valence-electron chi connectivity index (χ1n) is 5.09. The van der Waals surface area contributed by atoms with Gasteiger partial charge in [0.2, 0.25) is 0 Å². The van der Waals surface area contributed by atoms with Gasteiger partial charge in [-0.2, -0.15) is 0 Å². The Balaban J connectivity index is 2.53. The highest BCUT2D eigenvalue weighted by Gasteiger charge is 1.99. The van der Waals surface area contributed by atoms with Crippen LogP contribution in [0.25, 0.3) is 0 Å². The lowest BCUT2D eigenvalue weighted by Gasteiger charge is -2.11. The predicted octanol–water partition coefficient (Wildman–Crippen LogP) is 4.22. The van der Waals surface area contributed by atoms with Gasteiger partial charge in [0.1, 0.15) is 0 Å². The SMILES string of the molecule is Cc1ccc(Br)cc1NCCC(C)C. The van der Waals surface area contributed by atoms with Gasteiger partial charge in [-0.3, -0.25) is 0 Å². The van der Waals surface area contributed by atoms with Gasteiger partial charge in [0.25, 0.3) is 0 Å². The number of hydrogen-bond acceptors (Lipinski definition) is 1. The van der Waals surface area contributed by atoms with Crippen LogP contribution in [0.4, 0.5) is 5.69 Å². The minimum Gasteiger partial charge on any atom is -0.385 e. The van der Waals surface area contributed by atoms with E-state index in [9.17, 15) is 0 Å². The van der Waals surface area contributed by atoms with Crippen LogP contribution >= 0.6 is 15.9 Å². The fraction of sp³-hybridized carbons (Fsp3) is 0.500. The van der Waals surface area contributed by atoms with Crippen LogP contribution < -0.4 is 5.32 Å². The Kier molecular flexibility index (Phi) is 4.46. The summed E-state index contributed by atoms with van der Waals surface area (Å²) in [5.41, 5.74) is 2.54. The summed E-state index contributed by atoms with van der Waals surface area (Å²) in [5, 5.41) is 3.46. The van der Waals surface area contributed by atoms with Gasteiger partial charge in [0.05, 0.1) is 0 Å². The van der Waals surface area contributed by atoms with Crippen molar-refractivity contribution >= 4 is 21.6 Å². The Morgan fingerprint density at radius 2 is 2.07 bits per heavy atom. The van der Waals surface area contributed by atoms with Crippen molar-refractivity contribution in [1.82, 2.24) is 0 Å². The standard InChI is InChI=1S/C12H18BrN/c1-9(2)6-7-14-12-8-11(13)5-4-10(12)3/h4-5,8-9,14H,6-7H2,1-3H3. The van der Waals surface area contributed by atoms with Crippen molar-refractivity contribution in [2.75, 3.05) is 11.9 Å². The van der Waals surface area contributed by atoms with E-state index in [1.54, 1.807) is 0 Å². The fourth-order valence-electron chi connectivity index (χ4n) is 1.28. The molecular formula is C12H18BrN. The first-order valence-corrected chi connectivity index (χ1v) is 5.89. The molecular weight excluding hydrogens is 238 g/mol. The second kappa shape index (κ2) is 5.40. The molecule has 0 fully saturated rings. The van der Waals surface area contributed by atoms with E-state index in [0.29, 0.717) is 0 Å². The number of halogens is 1. The Hall–Kier alpha value is -0.500. The number of anilines is 1. The second-order valence-corrected chi connectivity index (χ2v) is 4.98. The number of benzene rings is 1. The summed E-state index contributed by atoms with van der Waals surface area (Å²) in [7, 11) is 0.